The number of aliphatic hydroxyl groups is 1. The summed E-state index contributed by atoms with van der Waals surface area (Å²) in [4.78, 5) is 16.1. The van der Waals surface area contributed by atoms with E-state index in [1.54, 1.807) is 29.1 Å². The van der Waals surface area contributed by atoms with Crippen LogP contribution in [0.1, 0.15) is 29.0 Å². The van der Waals surface area contributed by atoms with Gasteiger partial charge in [0.25, 0.3) is 11.7 Å². The molecule has 0 spiro atoms. The third kappa shape index (κ3) is 4.54. The van der Waals surface area contributed by atoms with Crippen LogP contribution in [0.4, 0.5) is 0 Å². The Morgan fingerprint density at radius 2 is 2.29 bits per heavy atom. The van der Waals surface area contributed by atoms with E-state index in [0.29, 0.717) is 22.8 Å². The lowest BCUT2D eigenvalue weighted by Gasteiger charge is -2.12. The lowest BCUT2D eigenvalue weighted by atomic mass is 10.1. The average Bonchev–Trinajstić information content (AvgIpc) is 3.31. The number of aromatic nitrogens is 4. The van der Waals surface area contributed by atoms with Crippen LogP contribution in [0.3, 0.4) is 0 Å². The molecule has 0 saturated heterocycles. The second kappa shape index (κ2) is 8.65. The molecule has 144 valence electrons. The first-order chi connectivity index (χ1) is 13.5. The van der Waals surface area contributed by atoms with Gasteiger partial charge in [-0.2, -0.15) is 15.3 Å². The van der Waals surface area contributed by atoms with E-state index in [2.05, 4.69) is 20.6 Å². The molecule has 1 atom stereocenters. The first kappa shape index (κ1) is 19.5. The molecular formula is C18H17ClN6O3. The third-order valence-corrected chi connectivity index (χ3v) is 4.17. The fraction of sp³-hybridized carbons (Fsp3) is 0.278. The number of nitrogens with zero attached hydrogens (tertiary/aromatic N) is 5. The fourth-order valence-electron chi connectivity index (χ4n) is 2.54. The molecule has 0 radical (unpaired) electrons. The molecular weight excluding hydrogens is 384 g/mol. The van der Waals surface area contributed by atoms with Crippen molar-refractivity contribution in [2.75, 3.05) is 6.61 Å². The topological polar surface area (TPSA) is 130 Å². The second-order valence-corrected chi connectivity index (χ2v) is 6.50. The van der Waals surface area contributed by atoms with Crippen molar-refractivity contribution in [3.8, 4) is 17.3 Å². The van der Waals surface area contributed by atoms with E-state index >= 15 is 0 Å². The third-order valence-electron chi connectivity index (χ3n) is 3.86. The van der Waals surface area contributed by atoms with Crippen LogP contribution in [-0.4, -0.2) is 43.6 Å². The maximum Gasteiger partial charge on any atom is 0.292 e. The molecule has 0 fully saturated rings. The molecule has 3 aromatic rings. The minimum atomic E-state index is -0.466. The molecule has 28 heavy (non-hydrogen) atoms. The number of benzene rings is 1. The predicted molar refractivity (Wildman–Crippen MR) is 99.4 cm³/mol. The second-order valence-electron chi connectivity index (χ2n) is 6.09. The molecule has 2 N–H and O–H groups in total. The van der Waals surface area contributed by atoms with Crippen LogP contribution >= 0.6 is 11.6 Å². The maximum absolute atomic E-state index is 12.2. The fourth-order valence-corrected chi connectivity index (χ4v) is 2.76. The zero-order chi connectivity index (χ0) is 20.1. The van der Waals surface area contributed by atoms with Crippen molar-refractivity contribution in [3.63, 3.8) is 0 Å². The molecule has 0 aliphatic rings. The lowest BCUT2D eigenvalue weighted by molar-refractivity contribution is 0.0922. The van der Waals surface area contributed by atoms with Gasteiger partial charge >= 0.3 is 0 Å². The van der Waals surface area contributed by atoms with Crippen LogP contribution in [0, 0.1) is 11.3 Å². The Labute approximate surface area is 165 Å². The Kier molecular flexibility index (Phi) is 6.03. The number of amides is 1. The number of nitriles is 1. The molecule has 3 rings (SSSR count). The van der Waals surface area contributed by atoms with Crippen molar-refractivity contribution >= 4 is 17.5 Å². The zero-order valence-electron chi connectivity index (χ0n) is 15.0. The number of hydrogen-bond acceptors (Lipinski definition) is 7. The van der Waals surface area contributed by atoms with Gasteiger partial charge in [-0.3, -0.25) is 9.48 Å². The number of hydrogen-bond donors (Lipinski definition) is 2. The Hall–Kier alpha value is -3.22. The van der Waals surface area contributed by atoms with E-state index in [0.717, 1.165) is 5.56 Å². The minimum absolute atomic E-state index is 0.0799. The van der Waals surface area contributed by atoms with Crippen LogP contribution in [0.25, 0.3) is 11.3 Å². The van der Waals surface area contributed by atoms with Crippen LogP contribution in [-0.2, 0) is 13.0 Å². The number of halogens is 1. The Morgan fingerprint density at radius 1 is 1.46 bits per heavy atom. The van der Waals surface area contributed by atoms with Crippen molar-refractivity contribution < 1.29 is 14.4 Å². The van der Waals surface area contributed by atoms with Gasteiger partial charge in [0.15, 0.2) is 0 Å². The van der Waals surface area contributed by atoms with E-state index < -0.39 is 5.91 Å². The highest BCUT2D eigenvalue weighted by Crippen LogP contribution is 2.24. The SMILES string of the molecule is C[C@@H](Cn1ccc(-c2ccc(C#N)c(Cl)c2)n1)NC(=O)c1noc(CCO)n1. The van der Waals surface area contributed by atoms with Gasteiger partial charge in [0.1, 0.15) is 6.07 Å². The Bertz CT molecular complexity index is 1020. The lowest BCUT2D eigenvalue weighted by Crippen LogP contribution is -2.36. The highest BCUT2D eigenvalue weighted by atomic mass is 35.5. The van der Waals surface area contributed by atoms with E-state index in [9.17, 15) is 4.79 Å². The molecule has 0 bridgehead atoms. The molecule has 0 aliphatic heterocycles. The van der Waals surface area contributed by atoms with Gasteiger partial charge in [0, 0.05) is 17.8 Å². The largest absolute Gasteiger partial charge is 0.396 e. The monoisotopic (exact) mass is 400 g/mol. The van der Waals surface area contributed by atoms with Crippen LogP contribution in [0.15, 0.2) is 35.0 Å². The van der Waals surface area contributed by atoms with Crippen LogP contribution in [0.5, 0.6) is 0 Å². The molecule has 1 amide bonds. The van der Waals surface area contributed by atoms with Crippen molar-refractivity contribution in [3.05, 3.63) is 52.8 Å². The van der Waals surface area contributed by atoms with Crippen molar-refractivity contribution in [1.82, 2.24) is 25.2 Å². The van der Waals surface area contributed by atoms with E-state index in [1.165, 1.54) is 0 Å². The number of carbonyl (C=O) groups excluding carboxylic acids is 1. The van der Waals surface area contributed by atoms with Gasteiger partial charge in [0.2, 0.25) is 5.89 Å². The molecule has 9 nitrogen and oxygen atoms in total. The summed E-state index contributed by atoms with van der Waals surface area (Å²) in [6.07, 6.45) is 1.99. The zero-order valence-corrected chi connectivity index (χ0v) is 15.7. The van der Waals surface area contributed by atoms with Gasteiger partial charge in [0.05, 0.1) is 35.9 Å². The summed E-state index contributed by atoms with van der Waals surface area (Å²) >= 11 is 6.07. The summed E-state index contributed by atoms with van der Waals surface area (Å²) in [5.74, 6) is -0.339. The van der Waals surface area contributed by atoms with Gasteiger partial charge in [-0.05, 0) is 25.1 Å². The highest BCUT2D eigenvalue weighted by Gasteiger charge is 2.17. The number of aliphatic hydroxyl groups excluding tert-OH is 1. The molecule has 0 unspecified atom stereocenters. The molecule has 0 aliphatic carbocycles. The molecule has 10 heteroatoms. The number of rotatable bonds is 7. The highest BCUT2D eigenvalue weighted by molar-refractivity contribution is 6.32. The van der Waals surface area contributed by atoms with Gasteiger partial charge < -0.3 is 14.9 Å². The first-order valence-corrected chi connectivity index (χ1v) is 8.85. The number of carbonyl (C=O) groups is 1. The quantitative estimate of drug-likeness (QED) is 0.618. The van der Waals surface area contributed by atoms with Gasteiger partial charge in [-0.1, -0.05) is 22.8 Å². The predicted octanol–water partition coefficient (Wildman–Crippen LogP) is 1.81. The summed E-state index contributed by atoms with van der Waals surface area (Å²) in [5, 5.41) is 29.0. The van der Waals surface area contributed by atoms with E-state index in [-0.39, 0.29) is 30.8 Å². The van der Waals surface area contributed by atoms with Gasteiger partial charge in [-0.15, -0.1) is 0 Å². The Balaban J connectivity index is 1.62. The van der Waals surface area contributed by atoms with Gasteiger partial charge in [-0.25, -0.2) is 0 Å². The molecule has 2 heterocycles. The number of nitrogens with one attached hydrogen (secondary N) is 1. The summed E-state index contributed by atoms with van der Waals surface area (Å²) in [7, 11) is 0. The summed E-state index contributed by atoms with van der Waals surface area (Å²) < 4.78 is 6.57. The Morgan fingerprint density at radius 3 is 3.00 bits per heavy atom. The summed E-state index contributed by atoms with van der Waals surface area (Å²) in [6.45, 7) is 2.12. The minimum Gasteiger partial charge on any atom is -0.396 e. The smallest absolute Gasteiger partial charge is 0.292 e. The molecule has 2 aromatic heterocycles. The molecule has 1 aromatic carbocycles. The van der Waals surface area contributed by atoms with Crippen molar-refractivity contribution in [2.24, 2.45) is 0 Å². The van der Waals surface area contributed by atoms with Crippen molar-refractivity contribution in [1.29, 1.82) is 5.26 Å². The van der Waals surface area contributed by atoms with E-state index in [1.807, 2.05) is 19.1 Å². The summed E-state index contributed by atoms with van der Waals surface area (Å²) in [5.41, 5.74) is 1.91. The molecule has 0 saturated carbocycles. The standard InChI is InChI=1S/C18H17ClN6O3/c1-11(21-18(27)17-22-16(5-7-26)28-24-17)10-25-6-4-15(23-25)12-2-3-13(9-20)14(19)8-12/h2-4,6,8,11,26H,5,7,10H2,1H3,(H,21,27)/t11-/m0/s1. The van der Waals surface area contributed by atoms with Crippen LogP contribution < -0.4 is 5.32 Å². The van der Waals surface area contributed by atoms with E-state index in [4.69, 9.17) is 26.5 Å². The van der Waals surface area contributed by atoms with Crippen LogP contribution in [0.2, 0.25) is 5.02 Å². The summed E-state index contributed by atoms with van der Waals surface area (Å²) in [6, 6.07) is 8.72. The van der Waals surface area contributed by atoms with Crippen molar-refractivity contribution in [2.45, 2.75) is 25.9 Å². The maximum atomic E-state index is 12.2. The average molecular weight is 401 g/mol. The normalized spacial score (nSPS) is 11.8. The first-order valence-electron chi connectivity index (χ1n) is 8.48.